The minimum atomic E-state index is -0.145. The van der Waals surface area contributed by atoms with E-state index in [9.17, 15) is 4.79 Å². The minimum absolute atomic E-state index is 0.145. The third kappa shape index (κ3) is 4.33. The molecule has 1 amide bonds. The standard InChI is InChI=1S/C24H30N4O2/c1-17(2)28-22-12-9-19(25-24(29)18-7-10-20(30-3)11-8-18)15-21(22)26-23(28)16-27-13-5-4-6-14-27/h7-12,15,17H,4-6,13-14,16H2,1-3H3,(H,25,29). The highest BCUT2D eigenvalue weighted by Gasteiger charge is 2.18. The van der Waals surface area contributed by atoms with Gasteiger partial charge in [-0.1, -0.05) is 6.42 Å². The molecule has 30 heavy (non-hydrogen) atoms. The van der Waals surface area contributed by atoms with Gasteiger partial charge in [0.05, 0.1) is 24.7 Å². The lowest BCUT2D eigenvalue weighted by Crippen LogP contribution is -2.30. The van der Waals surface area contributed by atoms with Gasteiger partial charge < -0.3 is 14.6 Å². The number of nitrogens with zero attached hydrogens (tertiary/aromatic N) is 3. The van der Waals surface area contributed by atoms with Crippen molar-refractivity contribution in [2.45, 2.75) is 45.7 Å². The Morgan fingerprint density at radius 1 is 1.10 bits per heavy atom. The zero-order chi connectivity index (χ0) is 21.1. The van der Waals surface area contributed by atoms with E-state index in [1.54, 1.807) is 31.4 Å². The number of piperidine rings is 1. The Bertz CT molecular complexity index is 1020. The molecule has 0 atom stereocenters. The third-order valence-corrected chi connectivity index (χ3v) is 5.70. The molecule has 2 aromatic carbocycles. The van der Waals surface area contributed by atoms with Gasteiger partial charge in [-0.25, -0.2) is 4.98 Å². The summed E-state index contributed by atoms with van der Waals surface area (Å²) in [7, 11) is 1.61. The molecule has 1 fully saturated rings. The first kappa shape index (κ1) is 20.4. The lowest BCUT2D eigenvalue weighted by atomic mass is 10.1. The molecule has 1 aliphatic heterocycles. The number of rotatable bonds is 6. The van der Waals surface area contributed by atoms with Crippen LogP contribution >= 0.6 is 0 Å². The second-order valence-electron chi connectivity index (χ2n) is 8.21. The second-order valence-corrected chi connectivity index (χ2v) is 8.21. The van der Waals surface area contributed by atoms with E-state index >= 15 is 0 Å². The number of fused-ring (bicyclic) bond motifs is 1. The van der Waals surface area contributed by atoms with Crippen LogP contribution in [0.5, 0.6) is 5.75 Å². The van der Waals surface area contributed by atoms with Crippen LogP contribution in [0.4, 0.5) is 5.69 Å². The van der Waals surface area contributed by atoms with Crippen molar-refractivity contribution in [2.75, 3.05) is 25.5 Å². The molecule has 1 N–H and O–H groups in total. The van der Waals surface area contributed by atoms with Crippen LogP contribution in [0.25, 0.3) is 11.0 Å². The molecule has 4 rings (SSSR count). The SMILES string of the molecule is COc1ccc(C(=O)Nc2ccc3c(c2)nc(CN2CCCCC2)n3C(C)C)cc1. The number of nitrogens with one attached hydrogen (secondary N) is 1. The van der Waals surface area contributed by atoms with Gasteiger partial charge in [-0.2, -0.15) is 0 Å². The maximum absolute atomic E-state index is 12.6. The average Bonchev–Trinajstić information content (AvgIpc) is 3.11. The van der Waals surface area contributed by atoms with E-state index in [0.29, 0.717) is 11.6 Å². The van der Waals surface area contributed by atoms with Crippen molar-refractivity contribution in [1.29, 1.82) is 0 Å². The number of hydrogen-bond donors (Lipinski definition) is 1. The fourth-order valence-corrected chi connectivity index (χ4v) is 4.18. The van der Waals surface area contributed by atoms with Gasteiger partial charge in [0.1, 0.15) is 11.6 Å². The molecule has 0 bridgehead atoms. The van der Waals surface area contributed by atoms with Gasteiger partial charge in [-0.3, -0.25) is 9.69 Å². The summed E-state index contributed by atoms with van der Waals surface area (Å²) in [4.78, 5) is 20.0. The zero-order valence-corrected chi connectivity index (χ0v) is 18.0. The summed E-state index contributed by atoms with van der Waals surface area (Å²) in [5.74, 6) is 1.68. The molecule has 1 aromatic heterocycles. The molecule has 0 spiro atoms. The second kappa shape index (κ2) is 8.88. The van der Waals surface area contributed by atoms with Gasteiger partial charge in [0.15, 0.2) is 0 Å². The number of imidazole rings is 1. The van der Waals surface area contributed by atoms with E-state index < -0.39 is 0 Å². The highest BCUT2D eigenvalue weighted by molar-refractivity contribution is 6.05. The van der Waals surface area contributed by atoms with Crippen LogP contribution in [0.1, 0.15) is 55.3 Å². The average molecular weight is 407 g/mol. The number of amides is 1. The summed E-state index contributed by atoms with van der Waals surface area (Å²) in [6.45, 7) is 7.55. The Morgan fingerprint density at radius 2 is 1.83 bits per heavy atom. The predicted octanol–water partition coefficient (Wildman–Crippen LogP) is 4.86. The minimum Gasteiger partial charge on any atom is -0.497 e. The lowest BCUT2D eigenvalue weighted by Gasteiger charge is -2.26. The quantitative estimate of drug-likeness (QED) is 0.635. The fourth-order valence-electron chi connectivity index (χ4n) is 4.18. The molecule has 0 radical (unpaired) electrons. The van der Waals surface area contributed by atoms with Crippen molar-refractivity contribution in [3.8, 4) is 5.75 Å². The van der Waals surface area contributed by atoms with Crippen LogP contribution in [0, 0.1) is 0 Å². The monoisotopic (exact) mass is 406 g/mol. The Balaban J connectivity index is 1.57. The zero-order valence-electron chi connectivity index (χ0n) is 18.0. The summed E-state index contributed by atoms with van der Waals surface area (Å²) >= 11 is 0. The Morgan fingerprint density at radius 3 is 2.50 bits per heavy atom. The van der Waals surface area contributed by atoms with E-state index in [0.717, 1.165) is 47.9 Å². The first-order valence-electron chi connectivity index (χ1n) is 10.7. The van der Waals surface area contributed by atoms with E-state index in [2.05, 4.69) is 34.7 Å². The number of ether oxygens (including phenoxy) is 1. The highest BCUT2D eigenvalue weighted by atomic mass is 16.5. The Kier molecular flexibility index (Phi) is 6.04. The number of aromatic nitrogens is 2. The van der Waals surface area contributed by atoms with E-state index in [1.807, 2.05) is 12.1 Å². The molecule has 3 aromatic rings. The van der Waals surface area contributed by atoms with Crippen molar-refractivity contribution < 1.29 is 9.53 Å². The van der Waals surface area contributed by atoms with Crippen LogP contribution in [-0.4, -0.2) is 40.6 Å². The summed E-state index contributed by atoms with van der Waals surface area (Å²) < 4.78 is 7.48. The topological polar surface area (TPSA) is 59.4 Å². The van der Waals surface area contributed by atoms with Crippen molar-refractivity contribution in [1.82, 2.24) is 14.5 Å². The molecular formula is C24H30N4O2. The predicted molar refractivity (Wildman–Crippen MR) is 120 cm³/mol. The van der Waals surface area contributed by atoms with Crippen molar-refractivity contribution in [3.05, 3.63) is 53.9 Å². The van der Waals surface area contributed by atoms with Gasteiger partial charge in [0.2, 0.25) is 0 Å². The number of carbonyl (C=O) groups excluding carboxylic acids is 1. The first-order chi connectivity index (χ1) is 14.5. The number of hydrogen-bond acceptors (Lipinski definition) is 4. The van der Waals surface area contributed by atoms with Crippen molar-refractivity contribution >= 4 is 22.6 Å². The number of anilines is 1. The number of likely N-dealkylation sites (tertiary alicyclic amines) is 1. The van der Waals surface area contributed by atoms with Gasteiger partial charge in [-0.05, 0) is 82.2 Å². The summed E-state index contributed by atoms with van der Waals surface area (Å²) in [6, 6.07) is 13.4. The third-order valence-electron chi connectivity index (χ3n) is 5.70. The summed E-state index contributed by atoms with van der Waals surface area (Å²) in [6.07, 6.45) is 3.86. The van der Waals surface area contributed by atoms with Crippen LogP contribution in [0.15, 0.2) is 42.5 Å². The molecule has 1 aliphatic rings. The molecule has 0 unspecified atom stereocenters. The molecule has 0 aliphatic carbocycles. The highest BCUT2D eigenvalue weighted by Crippen LogP contribution is 2.26. The smallest absolute Gasteiger partial charge is 0.255 e. The fraction of sp³-hybridized carbons (Fsp3) is 0.417. The Labute approximate surface area is 177 Å². The van der Waals surface area contributed by atoms with Crippen molar-refractivity contribution in [2.24, 2.45) is 0 Å². The molecule has 6 heteroatoms. The normalized spacial score (nSPS) is 14.9. The summed E-state index contributed by atoms with van der Waals surface area (Å²) in [5.41, 5.74) is 3.37. The maximum Gasteiger partial charge on any atom is 0.255 e. The van der Waals surface area contributed by atoms with E-state index in [4.69, 9.17) is 9.72 Å². The van der Waals surface area contributed by atoms with Crippen LogP contribution in [-0.2, 0) is 6.54 Å². The summed E-state index contributed by atoms with van der Waals surface area (Å²) in [5, 5.41) is 2.99. The molecule has 0 saturated carbocycles. The molecular weight excluding hydrogens is 376 g/mol. The number of carbonyl (C=O) groups is 1. The van der Waals surface area contributed by atoms with E-state index in [1.165, 1.54) is 19.3 Å². The number of benzene rings is 2. The first-order valence-corrected chi connectivity index (χ1v) is 10.7. The van der Waals surface area contributed by atoms with E-state index in [-0.39, 0.29) is 5.91 Å². The van der Waals surface area contributed by atoms with Crippen LogP contribution in [0.2, 0.25) is 0 Å². The molecule has 158 valence electrons. The van der Waals surface area contributed by atoms with Gasteiger partial charge in [0, 0.05) is 17.3 Å². The van der Waals surface area contributed by atoms with Gasteiger partial charge in [-0.15, -0.1) is 0 Å². The van der Waals surface area contributed by atoms with Gasteiger partial charge in [0.25, 0.3) is 5.91 Å². The lowest BCUT2D eigenvalue weighted by molar-refractivity contribution is 0.102. The Hall–Kier alpha value is -2.86. The van der Waals surface area contributed by atoms with Gasteiger partial charge >= 0.3 is 0 Å². The maximum atomic E-state index is 12.6. The molecule has 2 heterocycles. The molecule has 6 nitrogen and oxygen atoms in total. The van der Waals surface area contributed by atoms with Crippen LogP contribution in [0.3, 0.4) is 0 Å². The largest absolute Gasteiger partial charge is 0.497 e. The molecule has 1 saturated heterocycles. The van der Waals surface area contributed by atoms with Crippen molar-refractivity contribution in [3.63, 3.8) is 0 Å². The number of methoxy groups -OCH3 is 1. The van der Waals surface area contributed by atoms with Crippen LogP contribution < -0.4 is 10.1 Å².